The van der Waals surface area contributed by atoms with Crippen molar-refractivity contribution in [2.45, 2.75) is 76.7 Å². The van der Waals surface area contributed by atoms with Gasteiger partial charge < -0.3 is 14.4 Å². The van der Waals surface area contributed by atoms with Gasteiger partial charge in [0.15, 0.2) is 5.69 Å². The van der Waals surface area contributed by atoms with Gasteiger partial charge >= 0.3 is 0 Å². The third-order valence-corrected chi connectivity index (χ3v) is 8.97. The number of carbonyl (C=O) groups excluding carboxylic acids is 2. The molecule has 4 atom stereocenters. The summed E-state index contributed by atoms with van der Waals surface area (Å²) in [6.07, 6.45) is 7.48. The number of aromatic nitrogens is 2. The molecule has 2 aromatic rings. The molecule has 6 rings (SSSR count). The van der Waals surface area contributed by atoms with Gasteiger partial charge in [0.2, 0.25) is 0 Å². The predicted molar refractivity (Wildman–Crippen MR) is 145 cm³/mol. The van der Waals surface area contributed by atoms with E-state index >= 15 is 0 Å². The largest absolute Gasteiger partial charge is 0.372 e. The third kappa shape index (κ3) is 4.94. The van der Waals surface area contributed by atoms with E-state index in [-0.39, 0.29) is 24.2 Å². The second-order valence-corrected chi connectivity index (χ2v) is 11.7. The summed E-state index contributed by atoms with van der Waals surface area (Å²) in [5.74, 6) is -0.0186. The number of rotatable bonds is 6. The minimum atomic E-state index is -0.368. The first-order valence-corrected chi connectivity index (χ1v) is 14.6. The zero-order valence-corrected chi connectivity index (χ0v) is 22.8. The van der Waals surface area contributed by atoms with Crippen molar-refractivity contribution in [2.75, 3.05) is 45.8 Å². The molecule has 2 aliphatic carbocycles. The molecule has 8 nitrogen and oxygen atoms in total. The van der Waals surface area contributed by atoms with Crippen molar-refractivity contribution in [1.82, 2.24) is 24.5 Å². The molecule has 4 aliphatic rings. The normalized spacial score (nSPS) is 27.1. The molecule has 0 radical (unpaired) electrons. The van der Waals surface area contributed by atoms with Gasteiger partial charge in [-0.25, -0.2) is 0 Å². The lowest BCUT2D eigenvalue weighted by Gasteiger charge is -2.42. The minimum Gasteiger partial charge on any atom is -0.372 e. The number of amides is 1. The molecule has 2 aliphatic heterocycles. The number of aryl methyl sites for hydroxylation is 1. The van der Waals surface area contributed by atoms with Crippen LogP contribution in [0.15, 0.2) is 24.3 Å². The standard InChI is InChI=1S/C30H41N5O3/c1-21-17-34(18-22(2)38-21)30(37)29-26-10-6-12-28(26)35(31-29)24(20-36)19-32-13-15-33(16-14-32)27-11-5-8-23-7-3-4-9-25(23)27/h3-4,7,9,20-22,24,27H,5-6,8,10-19H2,1-2H3/t21-,22+,24?,27?. The predicted octanol–water partition coefficient (Wildman–Crippen LogP) is 3.06. The van der Waals surface area contributed by atoms with Crippen LogP contribution in [0.5, 0.6) is 0 Å². The number of hydrogen-bond donors (Lipinski definition) is 0. The Morgan fingerprint density at radius 1 is 1.05 bits per heavy atom. The number of piperazine rings is 1. The van der Waals surface area contributed by atoms with Crippen molar-refractivity contribution in [1.29, 1.82) is 0 Å². The summed E-state index contributed by atoms with van der Waals surface area (Å²) in [6, 6.07) is 9.07. The Kier molecular flexibility index (Phi) is 7.38. The number of aldehydes is 1. The smallest absolute Gasteiger partial charge is 0.274 e. The summed E-state index contributed by atoms with van der Waals surface area (Å²) in [4.78, 5) is 32.8. The van der Waals surface area contributed by atoms with Gasteiger partial charge in [0.1, 0.15) is 12.3 Å². The van der Waals surface area contributed by atoms with Gasteiger partial charge in [-0.1, -0.05) is 24.3 Å². The molecule has 0 bridgehead atoms. The van der Waals surface area contributed by atoms with Crippen LogP contribution in [0, 0.1) is 0 Å². The highest BCUT2D eigenvalue weighted by Gasteiger charge is 2.35. The third-order valence-electron chi connectivity index (χ3n) is 8.97. The fraction of sp³-hybridized carbons (Fsp3) is 0.633. The van der Waals surface area contributed by atoms with Crippen LogP contribution < -0.4 is 0 Å². The Morgan fingerprint density at radius 2 is 1.82 bits per heavy atom. The van der Waals surface area contributed by atoms with E-state index in [9.17, 15) is 9.59 Å². The van der Waals surface area contributed by atoms with E-state index in [4.69, 9.17) is 9.84 Å². The van der Waals surface area contributed by atoms with Gasteiger partial charge in [0, 0.05) is 63.1 Å². The summed E-state index contributed by atoms with van der Waals surface area (Å²) < 4.78 is 7.72. The second-order valence-electron chi connectivity index (χ2n) is 11.7. The van der Waals surface area contributed by atoms with Crippen LogP contribution in [-0.2, 0) is 28.8 Å². The van der Waals surface area contributed by atoms with E-state index in [0.29, 0.717) is 31.4 Å². The molecule has 3 heterocycles. The van der Waals surface area contributed by atoms with Gasteiger partial charge in [-0.05, 0) is 63.5 Å². The lowest BCUT2D eigenvalue weighted by molar-refractivity contribution is -0.111. The number of fused-ring (bicyclic) bond motifs is 2. The van der Waals surface area contributed by atoms with E-state index in [1.807, 2.05) is 23.4 Å². The summed E-state index contributed by atoms with van der Waals surface area (Å²) in [7, 11) is 0. The number of nitrogens with zero attached hydrogens (tertiary/aromatic N) is 5. The molecular formula is C30H41N5O3. The monoisotopic (exact) mass is 519 g/mol. The summed E-state index contributed by atoms with van der Waals surface area (Å²) >= 11 is 0. The first kappa shape index (κ1) is 25.7. The number of morpholine rings is 1. The molecule has 0 saturated carbocycles. The van der Waals surface area contributed by atoms with E-state index in [0.717, 1.165) is 63.0 Å². The SMILES string of the molecule is C[C@@H]1CN(C(=O)c2nn(C(C=O)CN3CCN(C4CCCc5ccccc54)CC3)c3c2CCC3)C[C@H](C)O1. The van der Waals surface area contributed by atoms with Gasteiger partial charge in [0.25, 0.3) is 5.91 Å². The maximum absolute atomic E-state index is 13.5. The van der Waals surface area contributed by atoms with E-state index in [1.165, 1.54) is 30.4 Å². The Morgan fingerprint density at radius 3 is 2.58 bits per heavy atom. The van der Waals surface area contributed by atoms with Crippen molar-refractivity contribution in [3.8, 4) is 0 Å². The van der Waals surface area contributed by atoms with Crippen molar-refractivity contribution in [3.05, 3.63) is 52.3 Å². The van der Waals surface area contributed by atoms with Crippen LogP contribution in [-0.4, -0.2) is 94.7 Å². The maximum atomic E-state index is 13.5. The van der Waals surface area contributed by atoms with E-state index < -0.39 is 0 Å². The van der Waals surface area contributed by atoms with Crippen LogP contribution in [0.3, 0.4) is 0 Å². The Bertz CT molecular complexity index is 1160. The van der Waals surface area contributed by atoms with Gasteiger partial charge in [0.05, 0.1) is 12.2 Å². The molecule has 1 amide bonds. The molecule has 2 fully saturated rings. The average molecular weight is 520 g/mol. The highest BCUT2D eigenvalue weighted by Crippen LogP contribution is 2.35. The number of carbonyl (C=O) groups is 2. The highest BCUT2D eigenvalue weighted by molar-refractivity contribution is 5.94. The van der Waals surface area contributed by atoms with Crippen LogP contribution in [0.25, 0.3) is 0 Å². The fourth-order valence-electron chi connectivity index (χ4n) is 7.21. The summed E-state index contributed by atoms with van der Waals surface area (Å²) in [5.41, 5.74) is 5.69. The fourth-order valence-corrected chi connectivity index (χ4v) is 7.21. The summed E-state index contributed by atoms with van der Waals surface area (Å²) in [6.45, 7) is 9.74. The first-order chi connectivity index (χ1) is 18.5. The minimum absolute atomic E-state index is 0.0151. The van der Waals surface area contributed by atoms with Crippen LogP contribution in [0.4, 0.5) is 0 Å². The van der Waals surface area contributed by atoms with Crippen LogP contribution in [0.1, 0.15) is 78.1 Å². The van der Waals surface area contributed by atoms with Gasteiger partial charge in [-0.2, -0.15) is 5.10 Å². The maximum Gasteiger partial charge on any atom is 0.274 e. The number of ether oxygens (including phenoxy) is 1. The number of hydrogen-bond acceptors (Lipinski definition) is 6. The molecule has 2 unspecified atom stereocenters. The lowest BCUT2D eigenvalue weighted by Crippen LogP contribution is -2.49. The molecule has 204 valence electrons. The van der Waals surface area contributed by atoms with Crippen molar-refractivity contribution < 1.29 is 14.3 Å². The Labute approximate surface area is 225 Å². The molecule has 8 heteroatoms. The number of benzene rings is 1. The molecular weight excluding hydrogens is 478 g/mol. The molecule has 0 spiro atoms. The molecule has 2 saturated heterocycles. The molecule has 1 aromatic carbocycles. The first-order valence-electron chi connectivity index (χ1n) is 14.6. The molecule has 1 aromatic heterocycles. The topological polar surface area (TPSA) is 70.9 Å². The highest BCUT2D eigenvalue weighted by atomic mass is 16.5. The Balaban J connectivity index is 1.13. The van der Waals surface area contributed by atoms with Crippen molar-refractivity contribution in [3.63, 3.8) is 0 Å². The van der Waals surface area contributed by atoms with Gasteiger partial charge in [-0.15, -0.1) is 0 Å². The second kappa shape index (κ2) is 10.9. The molecule has 0 N–H and O–H groups in total. The van der Waals surface area contributed by atoms with Crippen LogP contribution in [0.2, 0.25) is 0 Å². The zero-order valence-electron chi connectivity index (χ0n) is 22.8. The van der Waals surface area contributed by atoms with Crippen molar-refractivity contribution in [2.24, 2.45) is 0 Å². The Hall–Kier alpha value is -2.55. The average Bonchev–Trinajstić information content (AvgIpc) is 3.54. The van der Waals surface area contributed by atoms with Gasteiger partial charge in [-0.3, -0.25) is 19.3 Å². The van der Waals surface area contributed by atoms with E-state index in [1.54, 1.807) is 0 Å². The van der Waals surface area contributed by atoms with Crippen LogP contribution >= 0.6 is 0 Å². The van der Waals surface area contributed by atoms with Crippen molar-refractivity contribution >= 4 is 12.2 Å². The molecule has 38 heavy (non-hydrogen) atoms. The lowest BCUT2D eigenvalue weighted by atomic mass is 9.86. The summed E-state index contributed by atoms with van der Waals surface area (Å²) in [5, 5.41) is 4.82. The van der Waals surface area contributed by atoms with E-state index in [2.05, 4.69) is 34.1 Å². The quantitative estimate of drug-likeness (QED) is 0.547. The zero-order chi connectivity index (χ0) is 26.2.